The summed E-state index contributed by atoms with van der Waals surface area (Å²) in [4.78, 5) is 13.5. The van der Waals surface area contributed by atoms with Crippen LogP contribution in [0.1, 0.15) is 47.5 Å². The molecule has 1 aliphatic heterocycles. The smallest absolute Gasteiger partial charge is 0.333 e. The maximum Gasteiger partial charge on any atom is 0.333 e. The van der Waals surface area contributed by atoms with E-state index in [1.165, 1.54) is 0 Å². The van der Waals surface area contributed by atoms with Crippen molar-refractivity contribution in [1.29, 1.82) is 0 Å². The van der Waals surface area contributed by atoms with Crippen molar-refractivity contribution in [3.8, 4) is 0 Å². The van der Waals surface area contributed by atoms with E-state index >= 15 is 0 Å². The number of hydrogen-bond acceptors (Lipinski definition) is 5. The van der Waals surface area contributed by atoms with Crippen LogP contribution in [0.15, 0.2) is 12.2 Å². The molecule has 0 bridgehead atoms. The molecule has 0 spiro atoms. The summed E-state index contributed by atoms with van der Waals surface area (Å²) in [5, 5.41) is 13.7. The summed E-state index contributed by atoms with van der Waals surface area (Å²) < 4.78 is 5.01. The van der Waals surface area contributed by atoms with Gasteiger partial charge in [0.15, 0.2) is 0 Å². The zero-order chi connectivity index (χ0) is 17.1. The van der Waals surface area contributed by atoms with Gasteiger partial charge in [0.1, 0.15) is 12.7 Å². The second-order valence-corrected chi connectivity index (χ2v) is 7.93. The molecule has 0 aliphatic carbocycles. The molecule has 128 valence electrons. The number of piperidine rings is 1. The number of rotatable bonds is 6. The Balaban J connectivity index is 2.51. The Morgan fingerprint density at radius 3 is 2.32 bits per heavy atom. The van der Waals surface area contributed by atoms with E-state index < -0.39 is 12.1 Å². The Bertz CT molecular complexity index is 402. The fourth-order valence-corrected chi connectivity index (χ4v) is 3.41. The Kier molecular flexibility index (Phi) is 6.18. The average molecular weight is 312 g/mol. The first-order chi connectivity index (χ1) is 9.92. The van der Waals surface area contributed by atoms with E-state index in [2.05, 4.69) is 44.5 Å². The Hall–Kier alpha value is -0.910. The third kappa shape index (κ3) is 6.07. The van der Waals surface area contributed by atoms with Crippen LogP contribution in [0.2, 0.25) is 0 Å². The fourth-order valence-electron chi connectivity index (χ4n) is 3.41. The molecular weight excluding hydrogens is 280 g/mol. The van der Waals surface area contributed by atoms with Gasteiger partial charge in [0.2, 0.25) is 0 Å². The van der Waals surface area contributed by atoms with E-state index in [-0.39, 0.29) is 17.7 Å². The highest BCUT2D eigenvalue weighted by Gasteiger charge is 2.39. The molecule has 0 amide bonds. The van der Waals surface area contributed by atoms with Crippen molar-refractivity contribution in [3.05, 3.63) is 12.2 Å². The molecule has 0 saturated carbocycles. The number of carbonyl (C=O) groups excluding carboxylic acids is 1. The summed E-state index contributed by atoms with van der Waals surface area (Å²) in [6, 6.07) is 0.387. The molecule has 1 aliphatic rings. The lowest BCUT2D eigenvalue weighted by Crippen LogP contribution is -2.62. The van der Waals surface area contributed by atoms with Crippen molar-refractivity contribution in [2.24, 2.45) is 0 Å². The van der Waals surface area contributed by atoms with E-state index in [0.717, 1.165) is 12.8 Å². The minimum absolute atomic E-state index is 0.00773. The van der Waals surface area contributed by atoms with E-state index in [1.54, 1.807) is 6.92 Å². The van der Waals surface area contributed by atoms with Gasteiger partial charge in [-0.2, -0.15) is 0 Å². The highest BCUT2D eigenvalue weighted by Crippen LogP contribution is 2.31. The molecule has 1 heterocycles. The quantitative estimate of drug-likeness (QED) is 0.577. The fraction of sp³-hybridized carbons (Fsp3) is 0.824. The van der Waals surface area contributed by atoms with Gasteiger partial charge in [-0.15, -0.1) is 0 Å². The van der Waals surface area contributed by atoms with Crippen LogP contribution in [0.3, 0.4) is 0 Å². The monoisotopic (exact) mass is 312 g/mol. The first-order valence-corrected chi connectivity index (χ1v) is 7.92. The number of carbonyl (C=O) groups is 1. The van der Waals surface area contributed by atoms with Gasteiger partial charge in [0, 0.05) is 29.2 Å². The van der Waals surface area contributed by atoms with E-state index in [9.17, 15) is 9.90 Å². The zero-order valence-corrected chi connectivity index (χ0v) is 14.9. The topological polar surface area (TPSA) is 61.8 Å². The van der Waals surface area contributed by atoms with Crippen molar-refractivity contribution in [1.82, 2.24) is 10.2 Å². The second kappa shape index (κ2) is 7.11. The number of likely N-dealkylation sites (N-methyl/N-ethyl adjacent to an activating group) is 1. The molecule has 1 unspecified atom stereocenters. The molecule has 0 aromatic rings. The van der Waals surface area contributed by atoms with E-state index in [1.807, 2.05) is 7.05 Å². The van der Waals surface area contributed by atoms with Gasteiger partial charge in [0.05, 0.1) is 0 Å². The van der Waals surface area contributed by atoms with Crippen molar-refractivity contribution < 1.29 is 14.6 Å². The number of ether oxygens (including phenoxy) is 1. The molecule has 0 aromatic heterocycles. The zero-order valence-electron chi connectivity index (χ0n) is 14.9. The minimum Gasteiger partial charge on any atom is -0.460 e. The molecule has 1 saturated heterocycles. The number of esters is 1. The Labute approximate surface area is 134 Å². The molecule has 0 aromatic carbocycles. The maximum absolute atomic E-state index is 11.4. The lowest BCUT2D eigenvalue weighted by atomic mass is 9.79. The molecule has 5 nitrogen and oxygen atoms in total. The molecule has 1 rings (SSSR count). The third-order valence-corrected chi connectivity index (χ3v) is 4.05. The van der Waals surface area contributed by atoms with Crippen LogP contribution in [0.4, 0.5) is 0 Å². The first-order valence-electron chi connectivity index (χ1n) is 7.92. The number of hydrogen-bond donors (Lipinski definition) is 2. The van der Waals surface area contributed by atoms with Crippen molar-refractivity contribution in [3.63, 3.8) is 0 Å². The second-order valence-electron chi connectivity index (χ2n) is 7.93. The first kappa shape index (κ1) is 19.1. The predicted molar refractivity (Wildman–Crippen MR) is 88.7 cm³/mol. The average Bonchev–Trinajstić information content (AvgIpc) is 2.31. The predicted octanol–water partition coefficient (Wildman–Crippen LogP) is 1.71. The summed E-state index contributed by atoms with van der Waals surface area (Å²) in [7, 11) is 2.02. The van der Waals surface area contributed by atoms with Crippen molar-refractivity contribution in [2.45, 2.75) is 70.7 Å². The summed E-state index contributed by atoms with van der Waals surface area (Å²) in [6.07, 6.45) is 1.35. The van der Waals surface area contributed by atoms with E-state index in [4.69, 9.17) is 4.74 Å². The van der Waals surface area contributed by atoms with Crippen LogP contribution in [0.25, 0.3) is 0 Å². The number of aliphatic hydroxyl groups excluding tert-OH is 1. The summed E-state index contributed by atoms with van der Waals surface area (Å²) in [5.41, 5.74) is 0.484. The lowest BCUT2D eigenvalue weighted by Gasteiger charge is -2.49. The van der Waals surface area contributed by atoms with Gasteiger partial charge < -0.3 is 20.1 Å². The van der Waals surface area contributed by atoms with Crippen LogP contribution in [-0.4, -0.2) is 59.4 Å². The number of aliphatic hydroxyl groups is 1. The lowest BCUT2D eigenvalue weighted by molar-refractivity contribution is -0.142. The van der Waals surface area contributed by atoms with Crippen LogP contribution >= 0.6 is 0 Å². The van der Waals surface area contributed by atoms with Crippen LogP contribution in [0, 0.1) is 0 Å². The highest BCUT2D eigenvalue weighted by atomic mass is 16.5. The molecule has 0 radical (unpaired) electrons. The Morgan fingerprint density at radius 1 is 1.36 bits per heavy atom. The summed E-state index contributed by atoms with van der Waals surface area (Å²) in [5.74, 6) is -0.453. The van der Waals surface area contributed by atoms with Gasteiger partial charge in [-0.1, -0.05) is 6.58 Å². The van der Waals surface area contributed by atoms with Crippen LogP contribution < -0.4 is 5.32 Å². The molecule has 5 heteroatoms. The standard InChI is InChI=1S/C17H32N2O3/c1-12(2)15(21)22-11-14(20)10-19(7)13-8-16(3,4)18-17(5,6)9-13/h13-14,18,20H,1,8-11H2,2-7H3. The van der Waals surface area contributed by atoms with Crippen LogP contribution in [0.5, 0.6) is 0 Å². The molecule has 1 fully saturated rings. The SMILES string of the molecule is C=C(C)C(=O)OCC(O)CN(C)C1CC(C)(C)NC(C)(C)C1. The highest BCUT2D eigenvalue weighted by molar-refractivity contribution is 5.86. The maximum atomic E-state index is 11.4. The van der Waals surface area contributed by atoms with Crippen molar-refractivity contribution >= 4 is 5.97 Å². The van der Waals surface area contributed by atoms with Gasteiger partial charge in [-0.05, 0) is 54.5 Å². The van der Waals surface area contributed by atoms with Crippen molar-refractivity contribution in [2.75, 3.05) is 20.2 Å². The molecule has 2 N–H and O–H groups in total. The summed E-state index contributed by atoms with van der Waals surface area (Å²) >= 11 is 0. The van der Waals surface area contributed by atoms with E-state index in [0.29, 0.717) is 18.2 Å². The molecule has 22 heavy (non-hydrogen) atoms. The number of nitrogens with zero attached hydrogens (tertiary/aromatic N) is 1. The summed E-state index contributed by atoms with van der Waals surface area (Å²) in [6.45, 7) is 14.4. The molecule has 1 atom stereocenters. The Morgan fingerprint density at radius 2 is 1.86 bits per heavy atom. The van der Waals surface area contributed by atoms with Crippen LogP contribution in [-0.2, 0) is 9.53 Å². The third-order valence-electron chi connectivity index (χ3n) is 4.05. The van der Waals surface area contributed by atoms with Gasteiger partial charge in [-0.25, -0.2) is 4.79 Å². The van der Waals surface area contributed by atoms with Gasteiger partial charge >= 0.3 is 5.97 Å². The van der Waals surface area contributed by atoms with Gasteiger partial charge in [0.25, 0.3) is 0 Å². The largest absolute Gasteiger partial charge is 0.460 e. The molecular formula is C17H32N2O3. The number of nitrogens with one attached hydrogen (secondary N) is 1. The normalized spacial score (nSPS) is 22.4. The van der Waals surface area contributed by atoms with Gasteiger partial charge in [-0.3, -0.25) is 0 Å². The minimum atomic E-state index is -0.686.